The van der Waals surface area contributed by atoms with E-state index in [0.29, 0.717) is 5.75 Å². The molecule has 5 nitrogen and oxygen atoms in total. The van der Waals surface area contributed by atoms with Crippen LogP contribution in [0.1, 0.15) is 5.56 Å². The number of hydrogen-bond acceptors (Lipinski definition) is 4. The molecule has 0 bridgehead atoms. The summed E-state index contributed by atoms with van der Waals surface area (Å²) in [5, 5.41) is 0. The van der Waals surface area contributed by atoms with Gasteiger partial charge in [-0.05, 0) is 31.2 Å². The average Bonchev–Trinajstić information content (AvgIpc) is 2.44. The highest BCUT2D eigenvalue weighted by Crippen LogP contribution is 2.27. The second kappa shape index (κ2) is 5.61. The third-order valence-electron chi connectivity index (χ3n) is 3.02. The van der Waals surface area contributed by atoms with Gasteiger partial charge in [0.2, 0.25) is 0 Å². The molecule has 2 aromatic rings. The summed E-state index contributed by atoms with van der Waals surface area (Å²) in [5.74, 6) is -0.308. The van der Waals surface area contributed by atoms with Crippen LogP contribution in [-0.4, -0.2) is 15.5 Å². The second-order valence-corrected chi connectivity index (χ2v) is 6.11. The Morgan fingerprint density at radius 2 is 1.90 bits per heavy atom. The Kier molecular flexibility index (Phi) is 4.04. The van der Waals surface area contributed by atoms with E-state index in [4.69, 9.17) is 10.5 Å². The highest BCUT2D eigenvalue weighted by atomic mass is 32.2. The van der Waals surface area contributed by atoms with Gasteiger partial charge in [-0.15, -0.1) is 0 Å². The zero-order valence-electron chi connectivity index (χ0n) is 11.6. The first-order valence-electron chi connectivity index (χ1n) is 6.06. The topological polar surface area (TPSA) is 81.4 Å². The van der Waals surface area contributed by atoms with Gasteiger partial charge in [-0.1, -0.05) is 12.1 Å². The largest absolute Gasteiger partial charge is 0.495 e. The van der Waals surface area contributed by atoms with Crippen molar-refractivity contribution in [3.05, 3.63) is 47.8 Å². The Hall–Kier alpha value is -2.28. The van der Waals surface area contributed by atoms with E-state index in [1.54, 1.807) is 24.3 Å². The minimum Gasteiger partial charge on any atom is -0.495 e. The van der Waals surface area contributed by atoms with Gasteiger partial charge in [0.15, 0.2) is 0 Å². The predicted molar refractivity (Wildman–Crippen MR) is 79.4 cm³/mol. The third kappa shape index (κ3) is 3.08. The fraction of sp³-hybridized carbons (Fsp3) is 0.143. The molecule has 0 fully saturated rings. The maximum Gasteiger partial charge on any atom is 0.262 e. The van der Waals surface area contributed by atoms with E-state index in [-0.39, 0.29) is 21.8 Å². The molecule has 0 heterocycles. The van der Waals surface area contributed by atoms with Gasteiger partial charge in [0, 0.05) is 11.3 Å². The zero-order chi connectivity index (χ0) is 15.6. The monoisotopic (exact) mass is 310 g/mol. The standard InChI is InChI=1S/C14H15FN2O3S/c1-9-11(15)7-10(8-12(9)16)21(18,19)17-13-5-3-4-6-14(13)20-2/h3-8,17H,16H2,1-2H3. The molecule has 0 unspecified atom stereocenters. The van der Waals surface area contributed by atoms with E-state index in [1.807, 2.05) is 0 Å². The molecule has 0 atom stereocenters. The molecule has 21 heavy (non-hydrogen) atoms. The molecule has 0 aromatic heterocycles. The Balaban J connectivity index is 2.44. The van der Waals surface area contributed by atoms with Crippen molar-refractivity contribution in [2.75, 3.05) is 17.6 Å². The molecular weight excluding hydrogens is 295 g/mol. The molecule has 3 N–H and O–H groups in total. The van der Waals surface area contributed by atoms with Crippen LogP contribution in [0.25, 0.3) is 0 Å². The molecule has 0 aliphatic rings. The first-order chi connectivity index (χ1) is 9.85. The minimum atomic E-state index is -3.96. The number of nitrogen functional groups attached to an aromatic ring is 1. The predicted octanol–water partition coefficient (Wildman–Crippen LogP) is 2.53. The summed E-state index contributed by atoms with van der Waals surface area (Å²) in [7, 11) is -2.53. The van der Waals surface area contributed by atoms with E-state index in [9.17, 15) is 12.8 Å². The first kappa shape index (κ1) is 15.1. The van der Waals surface area contributed by atoms with E-state index in [2.05, 4.69) is 4.72 Å². The molecule has 7 heteroatoms. The maximum atomic E-state index is 13.7. The van der Waals surface area contributed by atoms with Crippen molar-refractivity contribution in [2.45, 2.75) is 11.8 Å². The minimum absolute atomic E-state index is 0.0791. The number of benzene rings is 2. The number of nitrogens with two attached hydrogens (primary N) is 1. The normalized spacial score (nSPS) is 11.2. The Bertz CT molecular complexity index is 753. The molecule has 0 aliphatic heterocycles. The van der Waals surface area contributed by atoms with Gasteiger partial charge >= 0.3 is 0 Å². The van der Waals surface area contributed by atoms with Crippen molar-refractivity contribution in [2.24, 2.45) is 0 Å². The maximum absolute atomic E-state index is 13.7. The summed E-state index contributed by atoms with van der Waals surface area (Å²) < 4.78 is 45.7. The molecule has 0 spiro atoms. The smallest absolute Gasteiger partial charge is 0.262 e. The van der Waals surface area contributed by atoms with E-state index in [1.165, 1.54) is 20.1 Å². The molecular formula is C14H15FN2O3S. The van der Waals surface area contributed by atoms with E-state index in [0.717, 1.165) is 6.07 Å². The molecule has 112 valence electrons. The number of ether oxygens (including phenoxy) is 1. The third-order valence-corrected chi connectivity index (χ3v) is 4.36. The van der Waals surface area contributed by atoms with Crippen LogP contribution in [0.15, 0.2) is 41.3 Å². The Morgan fingerprint density at radius 1 is 1.24 bits per heavy atom. The Morgan fingerprint density at radius 3 is 2.52 bits per heavy atom. The van der Waals surface area contributed by atoms with Gasteiger partial charge in [0.1, 0.15) is 11.6 Å². The van der Waals surface area contributed by atoms with Gasteiger partial charge in [-0.25, -0.2) is 12.8 Å². The summed E-state index contributed by atoms with van der Waals surface area (Å²) in [6, 6.07) is 8.68. The number of hydrogen-bond donors (Lipinski definition) is 2. The number of anilines is 2. The quantitative estimate of drug-likeness (QED) is 0.850. The summed E-state index contributed by atoms with van der Waals surface area (Å²) in [4.78, 5) is -0.242. The lowest BCUT2D eigenvalue weighted by Crippen LogP contribution is -2.14. The van der Waals surface area contributed by atoms with Crippen LogP contribution in [0.5, 0.6) is 5.75 Å². The molecule has 0 aliphatic carbocycles. The molecule has 2 rings (SSSR count). The number of methoxy groups -OCH3 is 1. The van der Waals surface area contributed by atoms with Crippen LogP contribution in [0.3, 0.4) is 0 Å². The van der Waals surface area contributed by atoms with E-state index < -0.39 is 15.8 Å². The molecule has 0 amide bonds. The number of halogens is 1. The molecule has 0 saturated carbocycles. The van der Waals surface area contributed by atoms with Gasteiger partial charge in [-0.2, -0.15) is 0 Å². The van der Waals surface area contributed by atoms with E-state index >= 15 is 0 Å². The van der Waals surface area contributed by atoms with Gasteiger partial charge in [-0.3, -0.25) is 4.72 Å². The van der Waals surface area contributed by atoms with Crippen LogP contribution in [0.4, 0.5) is 15.8 Å². The molecule has 0 radical (unpaired) electrons. The number of sulfonamides is 1. The van der Waals surface area contributed by atoms with Crippen molar-refractivity contribution in [3.8, 4) is 5.75 Å². The highest BCUT2D eigenvalue weighted by Gasteiger charge is 2.19. The van der Waals surface area contributed by atoms with Crippen LogP contribution < -0.4 is 15.2 Å². The summed E-state index contributed by atoms with van der Waals surface area (Å²) in [6.07, 6.45) is 0. The Labute approximate surface area is 122 Å². The number of para-hydroxylation sites is 2. The fourth-order valence-corrected chi connectivity index (χ4v) is 2.88. The number of rotatable bonds is 4. The SMILES string of the molecule is COc1ccccc1NS(=O)(=O)c1cc(N)c(C)c(F)c1. The number of nitrogens with one attached hydrogen (secondary N) is 1. The summed E-state index contributed by atoms with van der Waals surface area (Å²) in [5.41, 5.74) is 6.17. The van der Waals surface area contributed by atoms with Crippen LogP contribution in [0, 0.1) is 12.7 Å². The van der Waals surface area contributed by atoms with Crippen LogP contribution in [0.2, 0.25) is 0 Å². The lowest BCUT2D eigenvalue weighted by molar-refractivity contribution is 0.417. The second-order valence-electron chi connectivity index (χ2n) is 4.43. The summed E-state index contributed by atoms with van der Waals surface area (Å²) in [6.45, 7) is 1.48. The fourth-order valence-electron chi connectivity index (χ4n) is 1.76. The first-order valence-corrected chi connectivity index (χ1v) is 7.55. The van der Waals surface area contributed by atoms with Gasteiger partial charge in [0.25, 0.3) is 10.0 Å². The zero-order valence-corrected chi connectivity index (χ0v) is 12.4. The molecule has 2 aromatic carbocycles. The summed E-state index contributed by atoms with van der Waals surface area (Å²) >= 11 is 0. The van der Waals surface area contributed by atoms with Crippen molar-refractivity contribution in [1.82, 2.24) is 0 Å². The lowest BCUT2D eigenvalue weighted by Gasteiger charge is -2.12. The van der Waals surface area contributed by atoms with Crippen molar-refractivity contribution >= 4 is 21.4 Å². The lowest BCUT2D eigenvalue weighted by atomic mass is 10.2. The van der Waals surface area contributed by atoms with Crippen LogP contribution in [-0.2, 0) is 10.0 Å². The van der Waals surface area contributed by atoms with Crippen molar-refractivity contribution < 1.29 is 17.5 Å². The molecule has 0 saturated heterocycles. The van der Waals surface area contributed by atoms with Crippen molar-refractivity contribution in [1.29, 1.82) is 0 Å². The van der Waals surface area contributed by atoms with Gasteiger partial charge < -0.3 is 10.5 Å². The van der Waals surface area contributed by atoms with Crippen molar-refractivity contribution in [3.63, 3.8) is 0 Å². The van der Waals surface area contributed by atoms with Gasteiger partial charge in [0.05, 0.1) is 17.7 Å². The van der Waals surface area contributed by atoms with Crippen LogP contribution >= 0.6 is 0 Å². The average molecular weight is 310 g/mol. The highest BCUT2D eigenvalue weighted by molar-refractivity contribution is 7.92.